The number of rotatable bonds is 2. The van der Waals surface area contributed by atoms with Crippen LogP contribution in [0.15, 0.2) is 0 Å². The third-order valence-electron chi connectivity index (χ3n) is 3.71. The van der Waals surface area contributed by atoms with Crippen LogP contribution in [0.1, 0.15) is 42.9 Å². The van der Waals surface area contributed by atoms with Gasteiger partial charge in [-0.05, 0) is 30.6 Å². The van der Waals surface area contributed by atoms with E-state index in [0.29, 0.717) is 18.8 Å². The molecule has 4 nitrogen and oxygen atoms in total. The van der Waals surface area contributed by atoms with Crippen molar-refractivity contribution < 1.29 is 22.7 Å². The van der Waals surface area contributed by atoms with Crippen molar-refractivity contribution in [1.29, 1.82) is 0 Å². The Labute approximate surface area is 135 Å². The second-order valence-corrected chi connectivity index (χ2v) is 5.77. The standard InChI is InChI=1S/C12H20O4.Ca.2H/c1-12(2,3)7-4-5-8(10(13)14)9(6-7)11(15)16;;;/h7-9H,4-6H2,1-3H3,(H,13,14)(H,15,16);;;/q;+2;2*-1. The third-order valence-corrected chi connectivity index (χ3v) is 3.71. The molecule has 96 valence electrons. The maximum Gasteiger partial charge on any atom is 2.00 e. The molecule has 0 aromatic rings. The van der Waals surface area contributed by atoms with E-state index in [1.807, 2.05) is 0 Å². The Balaban J connectivity index is -0.000000853. The van der Waals surface area contributed by atoms with Crippen molar-refractivity contribution in [1.82, 2.24) is 0 Å². The van der Waals surface area contributed by atoms with E-state index in [1.165, 1.54) is 0 Å². The first-order valence-electron chi connectivity index (χ1n) is 5.69. The predicted molar refractivity (Wildman–Crippen MR) is 67.0 cm³/mol. The van der Waals surface area contributed by atoms with Crippen LogP contribution in [0.4, 0.5) is 0 Å². The minimum absolute atomic E-state index is 0. The van der Waals surface area contributed by atoms with E-state index < -0.39 is 23.8 Å². The van der Waals surface area contributed by atoms with Crippen molar-refractivity contribution in [3.63, 3.8) is 0 Å². The quantitative estimate of drug-likeness (QED) is 0.753. The number of carbonyl (C=O) groups is 2. The van der Waals surface area contributed by atoms with Gasteiger partial charge in [-0.3, -0.25) is 9.59 Å². The third kappa shape index (κ3) is 4.42. The average Bonchev–Trinajstić information content (AvgIpc) is 2.15. The average molecular weight is 270 g/mol. The molecule has 0 aliphatic heterocycles. The molecule has 0 spiro atoms. The van der Waals surface area contributed by atoms with Crippen LogP contribution in [0.2, 0.25) is 0 Å². The van der Waals surface area contributed by atoms with Crippen molar-refractivity contribution in [3.8, 4) is 0 Å². The number of carboxylic acid groups (broad SMARTS) is 2. The molecule has 0 saturated heterocycles. The van der Waals surface area contributed by atoms with Gasteiger partial charge >= 0.3 is 49.7 Å². The summed E-state index contributed by atoms with van der Waals surface area (Å²) < 4.78 is 0. The van der Waals surface area contributed by atoms with Gasteiger partial charge in [0.2, 0.25) is 0 Å². The minimum atomic E-state index is -0.972. The molecule has 17 heavy (non-hydrogen) atoms. The largest absolute Gasteiger partial charge is 2.00 e. The molecule has 0 aromatic carbocycles. The number of aliphatic carboxylic acids is 2. The minimum Gasteiger partial charge on any atom is -1.00 e. The van der Waals surface area contributed by atoms with E-state index in [2.05, 4.69) is 20.8 Å². The monoisotopic (exact) mass is 270 g/mol. The van der Waals surface area contributed by atoms with Gasteiger partial charge in [0.25, 0.3) is 0 Å². The first-order chi connectivity index (χ1) is 7.23. The van der Waals surface area contributed by atoms with Crippen molar-refractivity contribution in [2.45, 2.75) is 40.0 Å². The Bertz CT molecular complexity index is 305. The summed E-state index contributed by atoms with van der Waals surface area (Å²) in [5.41, 5.74) is 0.0528. The SMILES string of the molecule is CC(C)(C)C1CCC(C(=O)O)C(C(=O)O)C1.[Ca+2].[H-].[H-]. The van der Waals surface area contributed by atoms with Gasteiger partial charge in [-0.25, -0.2) is 0 Å². The van der Waals surface area contributed by atoms with Crippen molar-refractivity contribution in [2.75, 3.05) is 0 Å². The van der Waals surface area contributed by atoms with Crippen LogP contribution in [0.5, 0.6) is 0 Å². The number of carboxylic acids is 2. The maximum atomic E-state index is 11.1. The predicted octanol–water partition coefficient (Wildman–Crippen LogP) is 2.08. The van der Waals surface area contributed by atoms with Crippen molar-refractivity contribution in [2.24, 2.45) is 23.2 Å². The van der Waals surface area contributed by atoms with Crippen LogP contribution >= 0.6 is 0 Å². The van der Waals surface area contributed by atoms with Crippen LogP contribution in [-0.4, -0.2) is 59.9 Å². The molecule has 2 N–H and O–H groups in total. The van der Waals surface area contributed by atoms with Crippen LogP contribution in [0.25, 0.3) is 0 Å². The molecular formula is C12H22CaO4. The molecule has 0 heterocycles. The van der Waals surface area contributed by atoms with Crippen LogP contribution < -0.4 is 0 Å². The summed E-state index contributed by atoms with van der Waals surface area (Å²) >= 11 is 0. The van der Waals surface area contributed by atoms with Gasteiger partial charge in [0.05, 0.1) is 11.8 Å². The van der Waals surface area contributed by atoms with E-state index >= 15 is 0 Å². The van der Waals surface area contributed by atoms with Gasteiger partial charge in [0.1, 0.15) is 0 Å². The molecule has 0 amide bonds. The Kier molecular flexibility index (Phi) is 6.47. The van der Waals surface area contributed by atoms with Gasteiger partial charge in [-0.2, -0.15) is 0 Å². The molecule has 0 bridgehead atoms. The van der Waals surface area contributed by atoms with E-state index in [9.17, 15) is 9.59 Å². The Morgan fingerprint density at radius 2 is 1.53 bits per heavy atom. The van der Waals surface area contributed by atoms with Crippen LogP contribution in [0.3, 0.4) is 0 Å². The fourth-order valence-electron chi connectivity index (χ4n) is 2.53. The van der Waals surface area contributed by atoms with Crippen molar-refractivity contribution >= 4 is 49.7 Å². The molecule has 0 aromatic heterocycles. The zero-order valence-electron chi connectivity index (χ0n) is 12.8. The van der Waals surface area contributed by atoms with E-state index in [1.54, 1.807) is 0 Å². The smallest absolute Gasteiger partial charge is 1.00 e. The number of hydrogen-bond acceptors (Lipinski definition) is 2. The number of hydrogen-bond donors (Lipinski definition) is 2. The fraction of sp³-hybridized carbons (Fsp3) is 0.833. The summed E-state index contributed by atoms with van der Waals surface area (Å²) in [7, 11) is 0. The van der Waals surface area contributed by atoms with E-state index in [-0.39, 0.29) is 46.0 Å². The summed E-state index contributed by atoms with van der Waals surface area (Å²) in [5.74, 6) is -3.09. The van der Waals surface area contributed by atoms with Gasteiger partial charge in [-0.1, -0.05) is 20.8 Å². The normalized spacial score (nSPS) is 29.2. The van der Waals surface area contributed by atoms with Gasteiger partial charge in [-0.15, -0.1) is 0 Å². The first-order valence-corrected chi connectivity index (χ1v) is 5.69. The summed E-state index contributed by atoms with van der Waals surface area (Å²) in [6.45, 7) is 6.24. The topological polar surface area (TPSA) is 74.6 Å². The Morgan fingerprint density at radius 3 is 1.88 bits per heavy atom. The van der Waals surface area contributed by atoms with Crippen molar-refractivity contribution in [3.05, 3.63) is 0 Å². The zero-order chi connectivity index (χ0) is 12.5. The van der Waals surface area contributed by atoms with Gasteiger partial charge in [0.15, 0.2) is 0 Å². The van der Waals surface area contributed by atoms with Crippen LogP contribution in [-0.2, 0) is 9.59 Å². The van der Waals surface area contributed by atoms with Gasteiger partial charge in [0, 0.05) is 0 Å². The molecule has 3 unspecified atom stereocenters. The molecule has 3 atom stereocenters. The maximum absolute atomic E-state index is 11.1. The second-order valence-electron chi connectivity index (χ2n) is 5.77. The molecule has 1 rings (SSSR count). The van der Waals surface area contributed by atoms with Gasteiger partial charge < -0.3 is 13.1 Å². The molecule has 1 fully saturated rings. The molecule has 1 saturated carbocycles. The van der Waals surface area contributed by atoms with E-state index in [4.69, 9.17) is 10.2 Å². The molecule has 5 heteroatoms. The molecular weight excluding hydrogens is 248 g/mol. The first kappa shape index (κ1) is 17.2. The summed E-state index contributed by atoms with van der Waals surface area (Å²) in [4.78, 5) is 22.0. The zero-order valence-corrected chi connectivity index (χ0v) is 13.0. The summed E-state index contributed by atoms with van der Waals surface area (Å²) in [6, 6.07) is 0. The summed E-state index contributed by atoms with van der Waals surface area (Å²) in [5, 5.41) is 18.1. The van der Waals surface area contributed by atoms with Crippen LogP contribution in [0, 0.1) is 23.2 Å². The molecule has 0 radical (unpaired) electrons. The molecule has 1 aliphatic rings. The Morgan fingerprint density at radius 1 is 1.06 bits per heavy atom. The summed E-state index contributed by atoms with van der Waals surface area (Å²) in [6.07, 6.45) is 1.77. The fourth-order valence-corrected chi connectivity index (χ4v) is 2.53. The van der Waals surface area contributed by atoms with E-state index in [0.717, 1.165) is 6.42 Å². The second kappa shape index (κ2) is 6.39. The Hall–Kier alpha value is 0.200. The molecule has 1 aliphatic carbocycles.